The van der Waals surface area contributed by atoms with Gasteiger partial charge in [0.15, 0.2) is 5.96 Å². The molecule has 0 saturated carbocycles. The minimum Gasteiger partial charge on any atom is -0.378 e. The number of ether oxygens (including phenoxy) is 1. The Hall–Kier alpha value is -2.40. The number of H-pyrrole nitrogens is 1. The van der Waals surface area contributed by atoms with Gasteiger partial charge in [0, 0.05) is 62.1 Å². The van der Waals surface area contributed by atoms with Crippen molar-refractivity contribution in [3.05, 3.63) is 59.7 Å². The van der Waals surface area contributed by atoms with Crippen LogP contribution in [-0.4, -0.2) is 55.8 Å². The average molecular weight is 538 g/mol. The number of fused-ring (bicyclic) bond motifs is 1. The lowest BCUT2D eigenvalue weighted by Crippen LogP contribution is -2.40. The molecule has 7 nitrogen and oxygen atoms in total. The van der Waals surface area contributed by atoms with Gasteiger partial charge in [-0.15, -0.1) is 24.0 Å². The molecule has 166 valence electrons. The van der Waals surface area contributed by atoms with E-state index in [1.165, 1.54) is 12.1 Å². The van der Waals surface area contributed by atoms with E-state index in [0.29, 0.717) is 13.1 Å². The van der Waals surface area contributed by atoms with Crippen molar-refractivity contribution in [3.8, 4) is 0 Å². The van der Waals surface area contributed by atoms with Crippen molar-refractivity contribution >= 4 is 46.7 Å². The Morgan fingerprint density at radius 2 is 2.06 bits per heavy atom. The summed E-state index contributed by atoms with van der Waals surface area (Å²) in [6.07, 6.45) is 4.57. The number of aromatic nitrogens is 2. The van der Waals surface area contributed by atoms with Gasteiger partial charge < -0.3 is 25.3 Å². The summed E-state index contributed by atoms with van der Waals surface area (Å²) in [6.45, 7) is 4.51. The molecule has 0 unspecified atom stereocenters. The van der Waals surface area contributed by atoms with E-state index >= 15 is 0 Å². The van der Waals surface area contributed by atoms with E-state index in [-0.39, 0.29) is 29.8 Å². The fourth-order valence-corrected chi connectivity index (χ4v) is 3.71. The molecule has 0 amide bonds. The van der Waals surface area contributed by atoms with E-state index in [1.54, 1.807) is 7.05 Å². The van der Waals surface area contributed by atoms with Gasteiger partial charge in [-0.05, 0) is 36.2 Å². The molecule has 1 aliphatic rings. The molecule has 3 aromatic rings. The quantitative estimate of drug-likeness (QED) is 0.256. The van der Waals surface area contributed by atoms with Gasteiger partial charge in [0.05, 0.1) is 13.2 Å². The van der Waals surface area contributed by atoms with Crippen molar-refractivity contribution in [1.29, 1.82) is 0 Å². The van der Waals surface area contributed by atoms with E-state index in [4.69, 9.17) is 4.74 Å². The van der Waals surface area contributed by atoms with Gasteiger partial charge in [-0.2, -0.15) is 0 Å². The second-order valence-corrected chi connectivity index (χ2v) is 7.19. The highest BCUT2D eigenvalue weighted by Crippen LogP contribution is 2.20. The first kappa shape index (κ1) is 23.3. The summed E-state index contributed by atoms with van der Waals surface area (Å²) in [5.74, 6) is 1.50. The topological polar surface area (TPSA) is 77.6 Å². The highest BCUT2D eigenvalue weighted by Gasteiger charge is 2.16. The van der Waals surface area contributed by atoms with Crippen molar-refractivity contribution in [2.75, 3.05) is 44.8 Å². The predicted molar refractivity (Wildman–Crippen MR) is 133 cm³/mol. The van der Waals surface area contributed by atoms with Crippen LogP contribution in [0.15, 0.2) is 47.7 Å². The number of nitrogens with zero attached hydrogens (tertiary/aromatic N) is 3. The molecule has 1 fully saturated rings. The molecule has 1 aliphatic heterocycles. The highest BCUT2D eigenvalue weighted by atomic mass is 127. The number of hydrogen-bond acceptors (Lipinski definition) is 4. The molecule has 9 heteroatoms. The Kier molecular flexibility index (Phi) is 8.47. The third-order valence-corrected chi connectivity index (χ3v) is 5.26. The highest BCUT2D eigenvalue weighted by molar-refractivity contribution is 14.0. The first-order valence-electron chi connectivity index (χ1n) is 10.2. The summed E-state index contributed by atoms with van der Waals surface area (Å²) in [5, 5.41) is 7.77. The van der Waals surface area contributed by atoms with Crippen molar-refractivity contribution in [3.63, 3.8) is 0 Å². The van der Waals surface area contributed by atoms with Gasteiger partial charge in [-0.25, -0.2) is 9.37 Å². The number of morpholine rings is 1. The molecule has 0 atom stereocenters. The maximum atomic E-state index is 13.4. The van der Waals surface area contributed by atoms with Gasteiger partial charge in [-0.3, -0.25) is 4.99 Å². The molecule has 0 aliphatic carbocycles. The van der Waals surface area contributed by atoms with Gasteiger partial charge in [0.1, 0.15) is 11.6 Å². The number of halogens is 2. The molecular formula is C22H28FIN6O. The Bertz CT molecular complexity index is 1020. The van der Waals surface area contributed by atoms with E-state index in [2.05, 4.69) is 36.6 Å². The molecule has 3 heterocycles. The first-order valence-corrected chi connectivity index (χ1v) is 10.2. The summed E-state index contributed by atoms with van der Waals surface area (Å²) in [5.41, 5.74) is 3.09. The van der Waals surface area contributed by atoms with Crippen LogP contribution >= 0.6 is 24.0 Å². The van der Waals surface area contributed by atoms with Crippen LogP contribution in [0.2, 0.25) is 0 Å². The zero-order chi connectivity index (χ0) is 20.8. The van der Waals surface area contributed by atoms with Crippen LogP contribution in [0.25, 0.3) is 10.9 Å². The normalized spacial score (nSPS) is 14.4. The number of hydrogen-bond donors (Lipinski definition) is 3. The molecule has 1 saturated heterocycles. The maximum absolute atomic E-state index is 13.4. The lowest BCUT2D eigenvalue weighted by molar-refractivity contribution is 0.122. The van der Waals surface area contributed by atoms with Crippen molar-refractivity contribution in [2.45, 2.75) is 13.0 Å². The second-order valence-electron chi connectivity index (χ2n) is 7.19. The van der Waals surface area contributed by atoms with Crippen molar-refractivity contribution < 1.29 is 9.13 Å². The van der Waals surface area contributed by atoms with E-state index in [0.717, 1.165) is 66.5 Å². The lowest BCUT2D eigenvalue weighted by Gasteiger charge is -2.29. The fourth-order valence-electron chi connectivity index (χ4n) is 3.71. The zero-order valence-corrected chi connectivity index (χ0v) is 19.9. The number of nitrogens with one attached hydrogen (secondary N) is 3. The number of anilines is 1. The lowest BCUT2D eigenvalue weighted by atomic mass is 10.1. The Labute approximate surface area is 198 Å². The summed E-state index contributed by atoms with van der Waals surface area (Å²) in [6, 6.07) is 8.87. The van der Waals surface area contributed by atoms with Crippen LogP contribution in [0.3, 0.4) is 0 Å². The summed E-state index contributed by atoms with van der Waals surface area (Å²) < 4.78 is 18.8. The molecule has 0 spiro atoms. The molecular weight excluding hydrogens is 510 g/mol. The molecule has 0 radical (unpaired) electrons. The van der Waals surface area contributed by atoms with Crippen LogP contribution < -0.4 is 15.5 Å². The molecule has 2 aromatic heterocycles. The number of aliphatic imine (C=N–C) groups is 1. The monoisotopic (exact) mass is 538 g/mol. The van der Waals surface area contributed by atoms with Crippen molar-refractivity contribution in [1.82, 2.24) is 20.6 Å². The molecule has 1 aromatic carbocycles. The van der Waals surface area contributed by atoms with E-state index in [9.17, 15) is 4.39 Å². The zero-order valence-electron chi connectivity index (χ0n) is 17.5. The predicted octanol–water partition coefficient (Wildman–Crippen LogP) is 3.06. The summed E-state index contributed by atoms with van der Waals surface area (Å²) in [4.78, 5) is 14.3. The van der Waals surface area contributed by atoms with Crippen LogP contribution in [-0.2, 0) is 17.7 Å². The van der Waals surface area contributed by atoms with E-state index in [1.807, 2.05) is 24.5 Å². The van der Waals surface area contributed by atoms with Crippen LogP contribution in [0.5, 0.6) is 0 Å². The number of aromatic amines is 1. The maximum Gasteiger partial charge on any atom is 0.191 e. The summed E-state index contributed by atoms with van der Waals surface area (Å²) >= 11 is 0. The van der Waals surface area contributed by atoms with E-state index < -0.39 is 0 Å². The van der Waals surface area contributed by atoms with Gasteiger partial charge in [-0.1, -0.05) is 6.07 Å². The molecule has 4 rings (SSSR count). The fraction of sp³-hybridized carbons (Fsp3) is 0.364. The molecule has 3 N–H and O–H groups in total. The minimum atomic E-state index is -0.231. The smallest absolute Gasteiger partial charge is 0.191 e. The standard InChI is InChI=1S/C22H27FN6O.HI/c1-24-22(26-8-6-16-14-27-20-13-18(23)4-5-19(16)20)28-15-17-3-2-7-25-21(17)29-9-11-30-12-10-29;/h2-5,7,13-14,27H,6,8-12,15H2,1H3,(H2,24,26,28);1H. The third kappa shape index (κ3) is 5.85. The van der Waals surface area contributed by atoms with Crippen LogP contribution in [0.4, 0.5) is 10.2 Å². The number of benzene rings is 1. The number of guanidine groups is 1. The van der Waals surface area contributed by atoms with Gasteiger partial charge >= 0.3 is 0 Å². The van der Waals surface area contributed by atoms with Crippen LogP contribution in [0.1, 0.15) is 11.1 Å². The third-order valence-electron chi connectivity index (χ3n) is 5.26. The minimum absolute atomic E-state index is 0. The molecule has 31 heavy (non-hydrogen) atoms. The van der Waals surface area contributed by atoms with Gasteiger partial charge in [0.2, 0.25) is 0 Å². The first-order chi connectivity index (χ1) is 14.7. The van der Waals surface area contributed by atoms with Crippen LogP contribution in [0, 0.1) is 5.82 Å². The number of pyridine rings is 1. The molecule has 0 bridgehead atoms. The Balaban J connectivity index is 0.00000272. The van der Waals surface area contributed by atoms with Gasteiger partial charge in [0.25, 0.3) is 0 Å². The second kappa shape index (κ2) is 11.3. The average Bonchev–Trinajstić information content (AvgIpc) is 3.18. The SMILES string of the molecule is CN=C(NCCc1c[nH]c2cc(F)ccc12)NCc1cccnc1N1CCOCC1.I. The Morgan fingerprint density at radius 3 is 2.87 bits per heavy atom. The number of rotatable bonds is 6. The van der Waals surface area contributed by atoms with Crippen molar-refractivity contribution in [2.24, 2.45) is 4.99 Å². The summed E-state index contributed by atoms with van der Waals surface area (Å²) in [7, 11) is 1.76. The largest absolute Gasteiger partial charge is 0.378 e. The Morgan fingerprint density at radius 1 is 1.23 bits per heavy atom.